The van der Waals surface area contributed by atoms with Crippen LogP contribution in [0.25, 0.3) is 108 Å². The molecule has 1 heterocycles. The van der Waals surface area contributed by atoms with Crippen molar-refractivity contribution in [2.24, 2.45) is 0 Å². The van der Waals surface area contributed by atoms with Crippen LogP contribution in [-0.2, 0) is 5.41 Å². The lowest BCUT2D eigenvalue weighted by atomic mass is 9.81. The Morgan fingerprint density at radius 3 is 1.73 bits per heavy atom. The maximum Gasteiger partial charge on any atom is 0.0434 e. The number of hydrogen-bond donors (Lipinski definition) is 0. The molecule has 1 aromatic heterocycles. The first-order chi connectivity index (χ1) is 27.5. The monoisotopic (exact) mass is 728 g/mol. The minimum atomic E-state index is -0.0853. The first-order valence-corrected chi connectivity index (χ1v) is 20.4. The molecule has 0 spiro atoms. The van der Waals surface area contributed by atoms with E-state index >= 15 is 0 Å². The number of hydrogen-bond acceptors (Lipinski definition) is 1. The van der Waals surface area contributed by atoms with Crippen LogP contribution in [0.15, 0.2) is 182 Å². The molecule has 0 saturated carbocycles. The summed E-state index contributed by atoms with van der Waals surface area (Å²) in [5.74, 6) is 0. The smallest absolute Gasteiger partial charge is 0.0434 e. The van der Waals surface area contributed by atoms with Gasteiger partial charge in [0.1, 0.15) is 0 Å². The summed E-state index contributed by atoms with van der Waals surface area (Å²) in [6.07, 6.45) is 0. The zero-order chi connectivity index (χ0) is 37.1. The van der Waals surface area contributed by atoms with E-state index in [0.29, 0.717) is 0 Å². The van der Waals surface area contributed by atoms with Crippen LogP contribution in [0.1, 0.15) is 25.0 Å². The average Bonchev–Trinajstić information content (AvgIpc) is 3.73. The van der Waals surface area contributed by atoms with Gasteiger partial charge in [0.25, 0.3) is 0 Å². The van der Waals surface area contributed by atoms with Gasteiger partial charge < -0.3 is 0 Å². The van der Waals surface area contributed by atoms with E-state index in [9.17, 15) is 0 Å². The first kappa shape index (κ1) is 31.8. The van der Waals surface area contributed by atoms with Crippen LogP contribution in [0.5, 0.6) is 0 Å². The molecule has 0 saturated heterocycles. The number of rotatable bonds is 3. The molecule has 0 aliphatic heterocycles. The van der Waals surface area contributed by atoms with E-state index in [0.717, 1.165) is 0 Å². The molecule has 0 radical (unpaired) electrons. The molecule has 12 rings (SSSR count). The molecule has 56 heavy (non-hydrogen) atoms. The van der Waals surface area contributed by atoms with Gasteiger partial charge in [-0.3, -0.25) is 0 Å². The zero-order valence-corrected chi connectivity index (χ0v) is 32.0. The third-order valence-corrected chi connectivity index (χ3v) is 13.8. The van der Waals surface area contributed by atoms with Crippen LogP contribution < -0.4 is 0 Å². The van der Waals surface area contributed by atoms with Crippen LogP contribution >= 0.6 is 11.3 Å². The lowest BCUT2D eigenvalue weighted by Gasteiger charge is -2.22. The predicted molar refractivity (Wildman–Crippen MR) is 243 cm³/mol. The fourth-order valence-electron chi connectivity index (χ4n) is 9.96. The van der Waals surface area contributed by atoms with Crippen molar-refractivity contribution in [3.63, 3.8) is 0 Å². The number of thiophene rings is 1. The molecule has 0 unspecified atom stereocenters. The van der Waals surface area contributed by atoms with Crippen molar-refractivity contribution >= 4 is 74.6 Å². The van der Waals surface area contributed by atoms with Gasteiger partial charge in [0.05, 0.1) is 0 Å². The van der Waals surface area contributed by atoms with Crippen molar-refractivity contribution in [1.29, 1.82) is 0 Å². The Kier molecular flexibility index (Phi) is 6.66. The highest BCUT2D eigenvalue weighted by Gasteiger charge is 2.36. The molecule has 1 aliphatic rings. The van der Waals surface area contributed by atoms with Crippen molar-refractivity contribution in [2.45, 2.75) is 19.3 Å². The Morgan fingerprint density at radius 1 is 0.339 bits per heavy atom. The molecular formula is C55H36S. The molecule has 0 nitrogen and oxygen atoms in total. The lowest BCUT2D eigenvalue weighted by molar-refractivity contribution is 0.661. The fourth-order valence-corrected chi connectivity index (χ4v) is 11.2. The largest absolute Gasteiger partial charge is 0.135 e. The van der Waals surface area contributed by atoms with Crippen molar-refractivity contribution in [1.82, 2.24) is 0 Å². The molecule has 0 N–H and O–H groups in total. The molecule has 1 aliphatic carbocycles. The van der Waals surface area contributed by atoms with Gasteiger partial charge in [0.2, 0.25) is 0 Å². The van der Waals surface area contributed by atoms with Crippen molar-refractivity contribution in [2.75, 3.05) is 0 Å². The third-order valence-electron chi connectivity index (χ3n) is 12.6. The molecule has 0 bridgehead atoms. The molecular weight excluding hydrogens is 693 g/mol. The van der Waals surface area contributed by atoms with Gasteiger partial charge in [-0.2, -0.15) is 0 Å². The number of fused-ring (bicyclic) bond motifs is 11. The van der Waals surface area contributed by atoms with Crippen LogP contribution in [0.4, 0.5) is 0 Å². The SMILES string of the molecule is CC1(C)c2ccc(-c3cccc(-c4c5ccccc5c(-c5cccc6ccccc56)c5ccccc45)c3)cc2-c2cc3c(ccc4c5ccccc5sc34)cc21. The Labute approximate surface area is 329 Å². The Morgan fingerprint density at radius 2 is 0.946 bits per heavy atom. The quantitative estimate of drug-likeness (QED) is 0.159. The van der Waals surface area contributed by atoms with Crippen molar-refractivity contribution in [3.05, 3.63) is 193 Å². The molecule has 1 heteroatoms. The summed E-state index contributed by atoms with van der Waals surface area (Å²) in [6.45, 7) is 4.78. The maximum atomic E-state index is 2.49. The number of benzene rings is 10. The van der Waals surface area contributed by atoms with Gasteiger partial charge in [0.15, 0.2) is 0 Å². The highest BCUT2D eigenvalue weighted by molar-refractivity contribution is 7.26. The standard InChI is InChI=1S/C55H36S/c1-55(2)49-28-26-35(30-47(49)48-32-46-36(31-50(48)55)25-27-45-39-18-9-10-24-51(39)56-54(45)46)34-15-11-16-37(29-34)52-41-19-5-7-21-43(41)53(44-22-8-6-20-42(44)52)40-23-12-14-33-13-3-4-17-38(33)40/h3-32H,1-2H3. The van der Waals surface area contributed by atoms with E-state index in [1.54, 1.807) is 0 Å². The average molecular weight is 729 g/mol. The summed E-state index contributed by atoms with van der Waals surface area (Å²) in [6, 6.07) is 68.3. The van der Waals surface area contributed by atoms with Gasteiger partial charge in [-0.05, 0) is 124 Å². The second-order valence-corrected chi connectivity index (χ2v) is 17.0. The van der Waals surface area contributed by atoms with Gasteiger partial charge in [0, 0.05) is 31.0 Å². The molecule has 0 amide bonds. The van der Waals surface area contributed by atoms with Crippen LogP contribution in [-0.4, -0.2) is 0 Å². The first-order valence-electron chi connectivity index (χ1n) is 19.6. The van der Waals surface area contributed by atoms with Crippen LogP contribution in [0.2, 0.25) is 0 Å². The van der Waals surface area contributed by atoms with Crippen molar-refractivity contribution in [3.8, 4) is 44.5 Å². The summed E-state index contributed by atoms with van der Waals surface area (Å²) in [5, 5.41) is 13.0. The normalized spacial score (nSPS) is 13.3. The highest BCUT2D eigenvalue weighted by atomic mass is 32.1. The zero-order valence-electron chi connectivity index (χ0n) is 31.2. The van der Waals surface area contributed by atoms with Crippen molar-refractivity contribution < 1.29 is 0 Å². The van der Waals surface area contributed by atoms with Gasteiger partial charge >= 0.3 is 0 Å². The van der Waals surface area contributed by atoms with E-state index in [1.807, 2.05) is 11.3 Å². The van der Waals surface area contributed by atoms with E-state index in [-0.39, 0.29) is 5.41 Å². The Hall–Kier alpha value is -6.54. The Balaban J connectivity index is 1.04. The van der Waals surface area contributed by atoms with Crippen LogP contribution in [0.3, 0.4) is 0 Å². The topological polar surface area (TPSA) is 0 Å². The molecule has 0 atom stereocenters. The fraction of sp³-hybridized carbons (Fsp3) is 0.0545. The molecule has 10 aromatic carbocycles. The second kappa shape index (κ2) is 11.7. The third kappa shape index (κ3) is 4.47. The molecule has 0 fully saturated rings. The summed E-state index contributed by atoms with van der Waals surface area (Å²) >= 11 is 1.92. The Bertz CT molecular complexity index is 3390. The highest BCUT2D eigenvalue weighted by Crippen LogP contribution is 2.52. The predicted octanol–water partition coefficient (Wildman–Crippen LogP) is 16.0. The maximum absolute atomic E-state index is 2.49. The molecule has 262 valence electrons. The van der Waals surface area contributed by atoms with E-state index < -0.39 is 0 Å². The summed E-state index contributed by atoms with van der Waals surface area (Å²) in [4.78, 5) is 0. The van der Waals surface area contributed by atoms with Gasteiger partial charge in [-0.1, -0.05) is 166 Å². The van der Waals surface area contributed by atoms with E-state index in [2.05, 4.69) is 196 Å². The van der Waals surface area contributed by atoms with Gasteiger partial charge in [-0.15, -0.1) is 11.3 Å². The second-order valence-electron chi connectivity index (χ2n) is 16.0. The summed E-state index contributed by atoms with van der Waals surface area (Å²) < 4.78 is 2.73. The minimum absolute atomic E-state index is 0.0853. The van der Waals surface area contributed by atoms with E-state index in [4.69, 9.17) is 0 Å². The molecule has 11 aromatic rings. The van der Waals surface area contributed by atoms with Crippen LogP contribution in [0, 0.1) is 0 Å². The van der Waals surface area contributed by atoms with Gasteiger partial charge in [-0.25, -0.2) is 0 Å². The summed E-state index contributed by atoms with van der Waals surface area (Å²) in [5.41, 5.74) is 13.0. The van der Waals surface area contributed by atoms with E-state index in [1.165, 1.54) is 119 Å². The summed E-state index contributed by atoms with van der Waals surface area (Å²) in [7, 11) is 0. The minimum Gasteiger partial charge on any atom is -0.135 e. The lowest BCUT2D eigenvalue weighted by Crippen LogP contribution is -2.14.